The van der Waals surface area contributed by atoms with E-state index in [1.54, 1.807) is 11.9 Å². The van der Waals surface area contributed by atoms with E-state index in [0.717, 1.165) is 29.3 Å². The molecule has 1 aliphatic rings. The lowest BCUT2D eigenvalue weighted by Crippen LogP contribution is -2.38. The van der Waals surface area contributed by atoms with Gasteiger partial charge in [-0.15, -0.1) is 0 Å². The van der Waals surface area contributed by atoms with E-state index in [9.17, 15) is 9.59 Å². The molecule has 2 atom stereocenters. The fourth-order valence-electron chi connectivity index (χ4n) is 4.15. The van der Waals surface area contributed by atoms with Gasteiger partial charge in [0.1, 0.15) is 0 Å². The number of likely N-dealkylation sites (N-methyl/N-ethyl adjacent to an activating group) is 1. The smallest absolute Gasteiger partial charge is 0.335 e. The Labute approximate surface area is 190 Å². The van der Waals surface area contributed by atoms with Crippen LogP contribution in [0.4, 0.5) is 0 Å². The highest BCUT2D eigenvalue weighted by molar-refractivity contribution is 7.51. The van der Waals surface area contributed by atoms with Crippen LogP contribution in [0.5, 0.6) is 0 Å². The van der Waals surface area contributed by atoms with Crippen molar-refractivity contribution < 1.29 is 18.0 Å². The molecule has 1 fully saturated rings. The fraction of sp³-hybridized carbons (Fsp3) is 0.333. The number of aromatic nitrogens is 1. The normalized spacial score (nSPS) is 16.5. The van der Waals surface area contributed by atoms with Crippen molar-refractivity contribution in [2.45, 2.75) is 38.3 Å². The SMILES string of the molecule is CCCc1ccc2[nH]cc(C(=O)C(NC3CC(=O)N(C)C3)c3ccccc3)c2c1.O=S=O. The Balaban J connectivity index is 0.000000913. The zero-order valence-corrected chi connectivity index (χ0v) is 19.0. The Hall–Kier alpha value is -3.10. The van der Waals surface area contributed by atoms with Crippen molar-refractivity contribution in [1.82, 2.24) is 15.2 Å². The van der Waals surface area contributed by atoms with E-state index in [-0.39, 0.29) is 17.7 Å². The van der Waals surface area contributed by atoms with Crippen LogP contribution in [0.25, 0.3) is 10.9 Å². The van der Waals surface area contributed by atoms with Crippen molar-refractivity contribution in [2.24, 2.45) is 0 Å². The van der Waals surface area contributed by atoms with Crippen LogP contribution < -0.4 is 5.32 Å². The number of likely N-dealkylation sites (tertiary alicyclic amines) is 1. The van der Waals surface area contributed by atoms with E-state index in [0.29, 0.717) is 18.5 Å². The van der Waals surface area contributed by atoms with Gasteiger partial charge in [0.15, 0.2) is 5.78 Å². The van der Waals surface area contributed by atoms with Crippen LogP contribution in [-0.4, -0.2) is 49.6 Å². The molecule has 0 bridgehead atoms. The molecule has 4 rings (SSSR count). The van der Waals surface area contributed by atoms with Crippen LogP contribution in [0.2, 0.25) is 0 Å². The maximum absolute atomic E-state index is 13.7. The molecular formula is C24H27N3O4S. The first-order valence-electron chi connectivity index (χ1n) is 10.6. The molecule has 168 valence electrons. The molecule has 2 aromatic carbocycles. The van der Waals surface area contributed by atoms with Crippen molar-refractivity contribution in [2.75, 3.05) is 13.6 Å². The summed E-state index contributed by atoms with van der Waals surface area (Å²) >= 11 is -0.750. The third-order valence-electron chi connectivity index (χ3n) is 5.69. The summed E-state index contributed by atoms with van der Waals surface area (Å²) in [7, 11) is 1.80. The number of carbonyl (C=O) groups is 2. The van der Waals surface area contributed by atoms with Gasteiger partial charge in [0.25, 0.3) is 0 Å². The maximum atomic E-state index is 13.7. The highest BCUT2D eigenvalue weighted by atomic mass is 32.1. The van der Waals surface area contributed by atoms with E-state index in [1.807, 2.05) is 42.6 Å². The van der Waals surface area contributed by atoms with Crippen molar-refractivity contribution >= 4 is 34.2 Å². The molecule has 2 heterocycles. The molecule has 0 saturated carbocycles. The van der Waals surface area contributed by atoms with E-state index in [1.165, 1.54) is 5.56 Å². The molecule has 2 unspecified atom stereocenters. The Morgan fingerprint density at radius 2 is 1.94 bits per heavy atom. The van der Waals surface area contributed by atoms with Gasteiger partial charge in [-0.1, -0.05) is 49.7 Å². The van der Waals surface area contributed by atoms with E-state index < -0.39 is 17.6 Å². The lowest BCUT2D eigenvalue weighted by molar-refractivity contribution is -0.126. The summed E-state index contributed by atoms with van der Waals surface area (Å²) in [5, 5.41) is 4.42. The first-order valence-corrected chi connectivity index (χ1v) is 11.3. The number of hydrogen-bond donors (Lipinski definition) is 2. The lowest BCUT2D eigenvalue weighted by Gasteiger charge is -2.22. The number of H-pyrrole nitrogens is 1. The topological polar surface area (TPSA) is 99.3 Å². The van der Waals surface area contributed by atoms with Crippen LogP contribution in [-0.2, 0) is 22.8 Å². The zero-order chi connectivity index (χ0) is 23.1. The predicted molar refractivity (Wildman–Crippen MR) is 124 cm³/mol. The number of benzene rings is 2. The van der Waals surface area contributed by atoms with Gasteiger partial charge in [0.2, 0.25) is 5.91 Å². The third-order valence-corrected chi connectivity index (χ3v) is 5.69. The van der Waals surface area contributed by atoms with Crippen molar-refractivity contribution in [3.8, 4) is 0 Å². The molecule has 1 saturated heterocycles. The number of carbonyl (C=O) groups excluding carboxylic acids is 2. The first kappa shape index (κ1) is 23.6. The Bertz CT molecular complexity index is 1120. The monoisotopic (exact) mass is 453 g/mol. The van der Waals surface area contributed by atoms with Gasteiger partial charge in [0.05, 0.1) is 6.04 Å². The number of aromatic amines is 1. The number of nitrogens with one attached hydrogen (secondary N) is 2. The second-order valence-electron chi connectivity index (χ2n) is 7.95. The number of fused-ring (bicyclic) bond motifs is 1. The lowest BCUT2D eigenvalue weighted by atomic mass is 9.95. The molecule has 2 N–H and O–H groups in total. The van der Waals surface area contributed by atoms with E-state index in [4.69, 9.17) is 8.42 Å². The second kappa shape index (κ2) is 11.0. The number of Topliss-reactive ketones (excluding diaryl/α,β-unsaturated/α-hetero) is 1. The Morgan fingerprint density at radius 1 is 1.22 bits per heavy atom. The Morgan fingerprint density at radius 3 is 2.56 bits per heavy atom. The fourth-order valence-corrected chi connectivity index (χ4v) is 4.15. The van der Waals surface area contributed by atoms with Gasteiger partial charge in [-0.25, -0.2) is 0 Å². The van der Waals surface area contributed by atoms with Gasteiger partial charge in [0, 0.05) is 48.7 Å². The van der Waals surface area contributed by atoms with Gasteiger partial charge in [-0.2, -0.15) is 8.42 Å². The van der Waals surface area contributed by atoms with Gasteiger partial charge in [-0.3, -0.25) is 14.9 Å². The summed E-state index contributed by atoms with van der Waals surface area (Å²) in [5.74, 6) is 0.135. The van der Waals surface area contributed by atoms with Gasteiger partial charge < -0.3 is 9.88 Å². The maximum Gasteiger partial charge on any atom is 0.335 e. The largest absolute Gasteiger partial charge is 0.360 e. The molecule has 1 aliphatic heterocycles. The minimum atomic E-state index is -0.750. The van der Waals surface area contributed by atoms with E-state index in [2.05, 4.69) is 29.4 Å². The molecule has 3 aromatic rings. The molecule has 32 heavy (non-hydrogen) atoms. The third kappa shape index (κ3) is 5.38. The van der Waals surface area contributed by atoms with Crippen molar-refractivity contribution in [1.29, 1.82) is 0 Å². The molecular weight excluding hydrogens is 426 g/mol. The summed E-state index contributed by atoms with van der Waals surface area (Å²) < 4.78 is 16.6. The average Bonchev–Trinajstić information content (AvgIpc) is 3.35. The van der Waals surface area contributed by atoms with Crippen molar-refractivity contribution in [3.63, 3.8) is 0 Å². The molecule has 0 spiro atoms. The number of aryl methyl sites for hydroxylation is 1. The minimum absolute atomic E-state index is 0.0260. The molecule has 1 amide bonds. The summed E-state index contributed by atoms with van der Waals surface area (Å²) in [4.78, 5) is 30.6. The standard InChI is InChI=1S/C24H27N3O2.O2S/c1-3-7-16-10-11-21-19(12-16)20(14-25-21)24(29)23(17-8-5-4-6-9-17)26-18-13-22(28)27(2)15-18;1-3-2/h4-6,8-12,14,18,23,25-26H,3,7,13,15H2,1-2H3;. The Kier molecular flexibility index (Phi) is 8.08. The van der Waals surface area contributed by atoms with Crippen molar-refractivity contribution in [3.05, 3.63) is 71.4 Å². The average molecular weight is 454 g/mol. The van der Waals surface area contributed by atoms with Gasteiger partial charge in [-0.05, 0) is 29.7 Å². The molecule has 8 heteroatoms. The highest BCUT2D eigenvalue weighted by Crippen LogP contribution is 2.27. The number of ketones is 1. The number of rotatable bonds is 7. The summed E-state index contributed by atoms with van der Waals surface area (Å²) in [6, 6.07) is 15.5. The van der Waals surface area contributed by atoms with Crippen LogP contribution >= 0.6 is 0 Å². The molecule has 7 nitrogen and oxygen atoms in total. The number of nitrogens with zero attached hydrogens (tertiary/aromatic N) is 1. The summed E-state index contributed by atoms with van der Waals surface area (Å²) in [5.41, 5.74) is 3.81. The second-order valence-corrected chi connectivity index (χ2v) is 8.09. The molecule has 0 radical (unpaired) electrons. The first-order chi connectivity index (χ1) is 15.5. The summed E-state index contributed by atoms with van der Waals surface area (Å²) in [6.07, 6.45) is 4.29. The molecule has 0 aliphatic carbocycles. The van der Waals surface area contributed by atoms with Crippen LogP contribution in [0.1, 0.15) is 47.3 Å². The van der Waals surface area contributed by atoms with Crippen LogP contribution in [0.15, 0.2) is 54.7 Å². The zero-order valence-electron chi connectivity index (χ0n) is 18.2. The van der Waals surface area contributed by atoms with E-state index >= 15 is 0 Å². The minimum Gasteiger partial charge on any atom is -0.360 e. The van der Waals surface area contributed by atoms with Crippen LogP contribution in [0.3, 0.4) is 0 Å². The van der Waals surface area contributed by atoms with Crippen LogP contribution in [0, 0.1) is 0 Å². The quantitative estimate of drug-likeness (QED) is 0.535. The predicted octanol–water partition coefficient (Wildman–Crippen LogP) is 3.19. The molecule has 1 aromatic heterocycles. The summed E-state index contributed by atoms with van der Waals surface area (Å²) in [6.45, 7) is 2.77. The number of amides is 1. The van der Waals surface area contributed by atoms with Gasteiger partial charge >= 0.3 is 11.6 Å². The number of hydrogen-bond acceptors (Lipinski definition) is 5. The highest BCUT2D eigenvalue weighted by Gasteiger charge is 2.32.